The van der Waals surface area contributed by atoms with Gasteiger partial charge >= 0.3 is 0 Å². The number of nitrogens with two attached hydrogens (primary N) is 2. The smallest absolute Gasteiger partial charge is 0.260 e. The summed E-state index contributed by atoms with van der Waals surface area (Å²) in [5, 5.41) is 3.27. The molecule has 1 heterocycles. The van der Waals surface area contributed by atoms with Crippen LogP contribution in [-0.4, -0.2) is 32.5 Å². The number of nitrogens with zero attached hydrogens (tertiary/aromatic N) is 1. The van der Waals surface area contributed by atoms with Crippen LogP contribution in [0.25, 0.3) is 0 Å². The Balaban J connectivity index is 2.36. The lowest BCUT2D eigenvalue weighted by Gasteiger charge is -2.31. The first-order chi connectivity index (χ1) is 9.45. The molecule has 0 spiro atoms. The lowest BCUT2D eigenvalue weighted by atomic mass is 9.85. The second kappa shape index (κ2) is 5.70. The van der Waals surface area contributed by atoms with Gasteiger partial charge in [0.05, 0.1) is 11.3 Å². The van der Waals surface area contributed by atoms with Crippen molar-refractivity contribution in [3.63, 3.8) is 0 Å². The Bertz CT molecular complexity index is 537. The highest BCUT2D eigenvalue weighted by Gasteiger charge is 2.28. The van der Waals surface area contributed by atoms with Gasteiger partial charge in [0.25, 0.3) is 11.8 Å². The fraction of sp³-hybridized carbons (Fsp3) is 0.538. The van der Waals surface area contributed by atoms with Gasteiger partial charge in [-0.25, -0.2) is 0 Å². The van der Waals surface area contributed by atoms with E-state index in [9.17, 15) is 9.59 Å². The highest BCUT2D eigenvalue weighted by molar-refractivity contribution is 7.19. The number of hydrogen-bond donors (Lipinski definition) is 3. The maximum atomic E-state index is 12.0. The van der Waals surface area contributed by atoms with E-state index in [-0.39, 0.29) is 16.5 Å². The lowest BCUT2D eigenvalue weighted by molar-refractivity contribution is 0.0964. The van der Waals surface area contributed by atoms with Crippen molar-refractivity contribution in [2.75, 3.05) is 31.3 Å². The first-order valence-electron chi connectivity index (χ1n) is 6.61. The number of hydrogen-bond acceptors (Lipinski definition) is 5. The van der Waals surface area contributed by atoms with Gasteiger partial charge in [0.15, 0.2) is 0 Å². The van der Waals surface area contributed by atoms with Crippen LogP contribution in [0.1, 0.15) is 39.3 Å². The summed E-state index contributed by atoms with van der Waals surface area (Å²) in [6.07, 6.45) is 3.69. The van der Waals surface area contributed by atoms with Gasteiger partial charge in [-0.2, -0.15) is 0 Å². The molecule has 0 radical (unpaired) electrons. The van der Waals surface area contributed by atoms with E-state index in [0.29, 0.717) is 16.5 Å². The number of carbonyl (C=O) groups excluding carboxylic acids is 2. The molecule has 0 atom stereocenters. The summed E-state index contributed by atoms with van der Waals surface area (Å²) in [6, 6.07) is 0. The first-order valence-corrected chi connectivity index (χ1v) is 7.42. The summed E-state index contributed by atoms with van der Waals surface area (Å²) in [5.41, 5.74) is 11.8. The molecular formula is C13H20N4O2S. The molecule has 0 saturated heterocycles. The highest BCUT2D eigenvalue weighted by Crippen LogP contribution is 2.39. The lowest BCUT2D eigenvalue weighted by Crippen LogP contribution is -2.30. The zero-order valence-electron chi connectivity index (χ0n) is 11.7. The van der Waals surface area contributed by atoms with Gasteiger partial charge in [0.2, 0.25) is 0 Å². The zero-order valence-corrected chi connectivity index (χ0v) is 12.5. The van der Waals surface area contributed by atoms with Crippen molar-refractivity contribution in [3.8, 4) is 0 Å². The van der Waals surface area contributed by atoms with Gasteiger partial charge in [-0.3, -0.25) is 9.59 Å². The van der Waals surface area contributed by atoms with Crippen LogP contribution in [0, 0.1) is 5.92 Å². The summed E-state index contributed by atoms with van der Waals surface area (Å²) < 4.78 is 0. The Hall–Kier alpha value is -1.76. The van der Waals surface area contributed by atoms with Crippen LogP contribution < -0.4 is 21.7 Å². The molecule has 1 aromatic rings. The van der Waals surface area contributed by atoms with E-state index < -0.39 is 5.91 Å². The Morgan fingerprint density at radius 1 is 1.45 bits per heavy atom. The first kappa shape index (κ1) is 14.6. The molecule has 0 bridgehead atoms. The molecule has 2 amide bonds. The third kappa shape index (κ3) is 2.58. The quantitative estimate of drug-likeness (QED) is 0.755. The van der Waals surface area contributed by atoms with Crippen LogP contribution in [0.3, 0.4) is 0 Å². The summed E-state index contributed by atoms with van der Waals surface area (Å²) in [4.78, 5) is 25.7. The summed E-state index contributed by atoms with van der Waals surface area (Å²) in [7, 11) is 3.46. The average molecular weight is 296 g/mol. The van der Waals surface area contributed by atoms with Crippen molar-refractivity contribution in [1.82, 2.24) is 5.32 Å². The molecule has 6 nitrogen and oxygen atoms in total. The average Bonchev–Trinajstić information content (AvgIpc) is 2.70. The number of carbonyl (C=O) groups is 2. The fourth-order valence-corrected chi connectivity index (χ4v) is 3.41. The van der Waals surface area contributed by atoms with Crippen LogP contribution in [0.15, 0.2) is 0 Å². The molecule has 1 aliphatic rings. The van der Waals surface area contributed by atoms with Crippen molar-refractivity contribution in [2.24, 2.45) is 11.7 Å². The third-order valence-corrected chi connectivity index (χ3v) is 5.04. The van der Waals surface area contributed by atoms with E-state index >= 15 is 0 Å². The van der Waals surface area contributed by atoms with E-state index in [1.165, 1.54) is 30.6 Å². The van der Waals surface area contributed by atoms with Crippen molar-refractivity contribution in [2.45, 2.75) is 19.3 Å². The number of rotatable bonds is 5. The maximum Gasteiger partial charge on any atom is 0.260 e. The molecule has 1 aromatic heterocycles. The van der Waals surface area contributed by atoms with Gasteiger partial charge in [0, 0.05) is 20.6 Å². The second-order valence-corrected chi connectivity index (χ2v) is 6.14. The van der Waals surface area contributed by atoms with Crippen LogP contribution in [0.2, 0.25) is 0 Å². The monoisotopic (exact) mass is 296 g/mol. The van der Waals surface area contributed by atoms with E-state index in [4.69, 9.17) is 11.5 Å². The standard InChI is InChI=1S/C13H20N4O2S/c1-16-12(19)8-9(14)10(11(15)18)20-13(8)17(2)6-7-4-3-5-7/h7H,3-6,14H2,1-2H3,(H2,15,18)(H,16,19). The van der Waals surface area contributed by atoms with Gasteiger partial charge in [-0.05, 0) is 18.8 Å². The number of amides is 2. The molecule has 0 aliphatic heterocycles. The van der Waals surface area contributed by atoms with Gasteiger partial charge in [-0.1, -0.05) is 6.42 Å². The molecular weight excluding hydrogens is 276 g/mol. The van der Waals surface area contributed by atoms with Crippen molar-refractivity contribution >= 4 is 33.8 Å². The molecule has 110 valence electrons. The fourth-order valence-electron chi connectivity index (χ4n) is 2.37. The Morgan fingerprint density at radius 2 is 2.10 bits per heavy atom. The molecule has 1 saturated carbocycles. The van der Waals surface area contributed by atoms with E-state index in [2.05, 4.69) is 5.32 Å². The normalized spacial score (nSPS) is 14.7. The second-order valence-electron chi connectivity index (χ2n) is 5.15. The third-order valence-electron chi connectivity index (χ3n) is 3.71. The van der Waals surface area contributed by atoms with E-state index in [1.807, 2.05) is 11.9 Å². The number of nitrogen functional groups attached to an aromatic ring is 1. The van der Waals surface area contributed by atoms with Crippen LogP contribution in [0.5, 0.6) is 0 Å². The van der Waals surface area contributed by atoms with Gasteiger partial charge in [0.1, 0.15) is 9.88 Å². The minimum absolute atomic E-state index is 0.178. The Labute approximate surface area is 122 Å². The SMILES string of the molecule is CNC(=O)c1c(N(C)CC2CCC2)sc(C(N)=O)c1N. The summed E-state index contributed by atoms with van der Waals surface area (Å²) in [6.45, 7) is 0.863. The largest absolute Gasteiger partial charge is 0.397 e. The number of nitrogens with one attached hydrogen (secondary N) is 1. The van der Waals surface area contributed by atoms with Gasteiger partial charge in [-0.15, -0.1) is 11.3 Å². The minimum Gasteiger partial charge on any atom is -0.397 e. The molecule has 0 unspecified atom stereocenters. The van der Waals surface area contributed by atoms with Crippen molar-refractivity contribution in [1.29, 1.82) is 0 Å². The molecule has 0 aromatic carbocycles. The highest BCUT2D eigenvalue weighted by atomic mass is 32.1. The topological polar surface area (TPSA) is 101 Å². The molecule has 5 N–H and O–H groups in total. The Morgan fingerprint density at radius 3 is 2.55 bits per heavy atom. The van der Waals surface area contributed by atoms with Crippen LogP contribution >= 0.6 is 11.3 Å². The molecule has 1 aliphatic carbocycles. The van der Waals surface area contributed by atoms with Crippen LogP contribution in [-0.2, 0) is 0 Å². The summed E-state index contributed by atoms with van der Waals surface area (Å²) in [5.74, 6) is -0.236. The number of primary amides is 1. The molecule has 2 rings (SSSR count). The van der Waals surface area contributed by atoms with Crippen molar-refractivity contribution < 1.29 is 9.59 Å². The zero-order chi connectivity index (χ0) is 14.9. The van der Waals surface area contributed by atoms with Crippen LogP contribution in [0.4, 0.5) is 10.7 Å². The molecule has 1 fully saturated rings. The predicted molar refractivity (Wildman–Crippen MR) is 81.3 cm³/mol. The van der Waals surface area contributed by atoms with Gasteiger partial charge < -0.3 is 21.7 Å². The van der Waals surface area contributed by atoms with E-state index in [1.54, 1.807) is 7.05 Å². The van der Waals surface area contributed by atoms with E-state index in [0.717, 1.165) is 6.54 Å². The van der Waals surface area contributed by atoms with Crippen molar-refractivity contribution in [3.05, 3.63) is 10.4 Å². The number of thiophene rings is 1. The number of anilines is 2. The molecule has 20 heavy (non-hydrogen) atoms. The molecule has 7 heteroatoms. The summed E-state index contributed by atoms with van der Waals surface area (Å²) >= 11 is 1.19. The minimum atomic E-state index is -0.596. The Kier molecular flexibility index (Phi) is 4.17. The maximum absolute atomic E-state index is 12.0. The predicted octanol–water partition coefficient (Wildman–Crippen LogP) is 1.03.